The van der Waals surface area contributed by atoms with E-state index >= 15 is 0 Å². The summed E-state index contributed by atoms with van der Waals surface area (Å²) >= 11 is 0. The van der Waals surface area contributed by atoms with Crippen LogP contribution in [0.3, 0.4) is 0 Å². The molecule has 1 aliphatic heterocycles. The average Bonchev–Trinajstić information content (AvgIpc) is 3.37. The van der Waals surface area contributed by atoms with Crippen LogP contribution in [0.2, 0.25) is 0 Å². The maximum atomic E-state index is 6.45. The number of nitrogens with two attached hydrogens (primary N) is 2. The van der Waals surface area contributed by atoms with Crippen LogP contribution in [0.4, 0.5) is 0 Å². The third kappa shape index (κ3) is 5.45. The molecule has 0 aromatic heterocycles. The number of rotatable bonds is 9. The molecule has 0 radical (unpaired) electrons. The normalized spacial score (nSPS) is 15.7. The van der Waals surface area contributed by atoms with Gasteiger partial charge >= 0.3 is 0 Å². The summed E-state index contributed by atoms with van der Waals surface area (Å²) in [4.78, 5) is 6.18. The zero-order chi connectivity index (χ0) is 25.8. The highest BCUT2D eigenvalue weighted by Crippen LogP contribution is 2.30. The average molecular weight is 483 g/mol. The first kappa shape index (κ1) is 25.5. The Kier molecular flexibility index (Phi) is 7.77. The number of benzene rings is 3. The molecule has 2 atom stereocenters. The van der Waals surface area contributed by atoms with Crippen molar-refractivity contribution in [1.29, 1.82) is 0 Å². The Bertz CT molecular complexity index is 1270. The van der Waals surface area contributed by atoms with Crippen LogP contribution in [0.5, 0.6) is 0 Å². The van der Waals surface area contributed by atoms with Crippen molar-refractivity contribution in [1.82, 2.24) is 15.5 Å². The Balaban J connectivity index is 1.57. The zero-order valence-corrected chi connectivity index (χ0v) is 21.7. The van der Waals surface area contributed by atoms with Crippen LogP contribution in [0, 0.1) is 11.8 Å². The minimum absolute atomic E-state index is 0.0266. The van der Waals surface area contributed by atoms with E-state index in [9.17, 15) is 0 Å². The van der Waals surface area contributed by atoms with Crippen molar-refractivity contribution in [2.24, 2.45) is 28.3 Å². The lowest BCUT2D eigenvalue weighted by atomic mass is 9.98. The molecule has 0 amide bonds. The molecule has 0 saturated heterocycles. The molecule has 36 heavy (non-hydrogen) atoms. The highest BCUT2D eigenvalue weighted by Gasteiger charge is 2.24. The molecular weight excluding hydrogens is 444 g/mol. The molecule has 0 aliphatic carbocycles. The SMILES string of the molecule is C=N/C=C(\NC(N)C(C)C)c1ccc(-c2ccc3cc(C4=CNCN4C(N)C(C)C)ccc3c2)cc1. The lowest BCUT2D eigenvalue weighted by Gasteiger charge is -2.31. The fourth-order valence-corrected chi connectivity index (χ4v) is 4.34. The second-order valence-electron chi connectivity index (χ2n) is 10.1. The van der Waals surface area contributed by atoms with Gasteiger partial charge in [-0.05, 0) is 58.1 Å². The highest BCUT2D eigenvalue weighted by atomic mass is 15.3. The second-order valence-corrected chi connectivity index (χ2v) is 10.1. The fraction of sp³-hybridized carbons (Fsp3) is 0.300. The minimum atomic E-state index is -0.160. The molecule has 188 valence electrons. The van der Waals surface area contributed by atoms with Gasteiger partial charge in [0, 0.05) is 18.0 Å². The van der Waals surface area contributed by atoms with Gasteiger partial charge in [-0.3, -0.25) is 4.99 Å². The lowest BCUT2D eigenvalue weighted by molar-refractivity contribution is 0.247. The van der Waals surface area contributed by atoms with Gasteiger partial charge in [-0.25, -0.2) is 0 Å². The van der Waals surface area contributed by atoms with Gasteiger partial charge in [0.05, 0.1) is 30.4 Å². The largest absolute Gasteiger partial charge is 0.372 e. The Hall–Kier alpha value is -3.61. The summed E-state index contributed by atoms with van der Waals surface area (Å²) in [7, 11) is 0. The topological polar surface area (TPSA) is 91.7 Å². The van der Waals surface area contributed by atoms with Crippen LogP contribution < -0.4 is 22.1 Å². The molecule has 1 heterocycles. The number of nitrogens with zero attached hydrogens (tertiary/aromatic N) is 2. The summed E-state index contributed by atoms with van der Waals surface area (Å²) in [6, 6.07) is 21.6. The van der Waals surface area contributed by atoms with E-state index in [2.05, 4.69) is 122 Å². The standard InChI is InChI=1S/C30H38N6/c1-19(2)29(31)35-27(16-33-5)22-8-6-21(7-9-22)23-10-11-25-15-26(13-12-24(25)14-23)28-17-34-18-36(28)30(32)20(3)4/h6-17,19-20,29-30,34-35H,5,18,31-32H2,1-4H3/b27-16-. The van der Waals surface area contributed by atoms with E-state index in [-0.39, 0.29) is 12.3 Å². The quantitative estimate of drug-likeness (QED) is 0.250. The third-order valence-corrected chi connectivity index (χ3v) is 6.78. The highest BCUT2D eigenvalue weighted by molar-refractivity contribution is 5.90. The molecule has 0 spiro atoms. The number of nitrogens with one attached hydrogen (secondary N) is 2. The van der Waals surface area contributed by atoms with Crippen LogP contribution >= 0.6 is 0 Å². The number of fused-ring (bicyclic) bond motifs is 1. The van der Waals surface area contributed by atoms with Crippen LogP contribution in [-0.2, 0) is 0 Å². The first-order valence-corrected chi connectivity index (χ1v) is 12.6. The van der Waals surface area contributed by atoms with Crippen molar-refractivity contribution < 1.29 is 0 Å². The summed E-state index contributed by atoms with van der Waals surface area (Å²) in [6.45, 7) is 12.8. The number of aliphatic imine (C=N–C) groups is 1. The Morgan fingerprint density at radius 1 is 0.917 bits per heavy atom. The molecule has 4 rings (SSSR count). The molecule has 3 aromatic rings. The van der Waals surface area contributed by atoms with Crippen molar-refractivity contribution in [2.45, 2.75) is 40.0 Å². The Morgan fingerprint density at radius 3 is 2.14 bits per heavy atom. The van der Waals surface area contributed by atoms with Gasteiger partial charge in [0.25, 0.3) is 0 Å². The predicted molar refractivity (Wildman–Crippen MR) is 153 cm³/mol. The van der Waals surface area contributed by atoms with Crippen molar-refractivity contribution in [2.75, 3.05) is 6.67 Å². The molecule has 0 saturated carbocycles. The van der Waals surface area contributed by atoms with Crippen LogP contribution in [-0.4, -0.2) is 30.6 Å². The van der Waals surface area contributed by atoms with E-state index in [1.165, 1.54) is 21.9 Å². The van der Waals surface area contributed by atoms with Crippen molar-refractivity contribution >= 4 is 28.9 Å². The van der Waals surface area contributed by atoms with Gasteiger partial charge in [-0.15, -0.1) is 0 Å². The molecule has 6 nitrogen and oxygen atoms in total. The molecule has 6 heteroatoms. The van der Waals surface area contributed by atoms with E-state index in [0.717, 1.165) is 29.2 Å². The second kappa shape index (κ2) is 11.0. The maximum absolute atomic E-state index is 6.45. The molecule has 1 aliphatic rings. The maximum Gasteiger partial charge on any atom is 0.0888 e. The van der Waals surface area contributed by atoms with Crippen LogP contribution in [0.25, 0.3) is 33.3 Å². The number of hydrogen-bond donors (Lipinski definition) is 4. The molecule has 0 fully saturated rings. The van der Waals surface area contributed by atoms with Gasteiger partial charge in [-0.2, -0.15) is 0 Å². The summed E-state index contributed by atoms with van der Waals surface area (Å²) in [5, 5.41) is 9.08. The minimum Gasteiger partial charge on any atom is -0.372 e. The monoisotopic (exact) mass is 482 g/mol. The Labute approximate surface area is 214 Å². The van der Waals surface area contributed by atoms with Gasteiger partial charge in [0.15, 0.2) is 0 Å². The smallest absolute Gasteiger partial charge is 0.0888 e. The van der Waals surface area contributed by atoms with Gasteiger partial charge in [0.1, 0.15) is 0 Å². The summed E-state index contributed by atoms with van der Waals surface area (Å²) in [5.41, 5.74) is 19.2. The fourth-order valence-electron chi connectivity index (χ4n) is 4.34. The van der Waals surface area contributed by atoms with E-state index < -0.39 is 0 Å². The predicted octanol–water partition coefficient (Wildman–Crippen LogP) is 5.14. The molecule has 3 aromatic carbocycles. The molecule has 2 unspecified atom stereocenters. The summed E-state index contributed by atoms with van der Waals surface area (Å²) < 4.78 is 0. The molecule has 0 bridgehead atoms. The zero-order valence-electron chi connectivity index (χ0n) is 21.7. The van der Waals surface area contributed by atoms with Gasteiger partial charge in [0.2, 0.25) is 0 Å². The molecular formula is C30H38N6. The lowest BCUT2D eigenvalue weighted by Crippen LogP contribution is -2.44. The summed E-state index contributed by atoms with van der Waals surface area (Å²) in [5.74, 6) is 0.664. The molecule has 6 N–H and O–H groups in total. The van der Waals surface area contributed by atoms with Crippen molar-refractivity contribution in [3.8, 4) is 11.1 Å². The van der Waals surface area contributed by atoms with Crippen LogP contribution in [0.15, 0.2) is 78.1 Å². The van der Waals surface area contributed by atoms with Crippen molar-refractivity contribution in [3.63, 3.8) is 0 Å². The van der Waals surface area contributed by atoms with Crippen LogP contribution in [0.1, 0.15) is 38.8 Å². The van der Waals surface area contributed by atoms with Crippen molar-refractivity contribution in [3.05, 3.63) is 84.2 Å². The van der Waals surface area contributed by atoms with Gasteiger partial charge in [-0.1, -0.05) is 76.2 Å². The van der Waals surface area contributed by atoms with E-state index in [1.54, 1.807) is 6.20 Å². The van der Waals surface area contributed by atoms with Gasteiger partial charge < -0.3 is 27.0 Å². The Morgan fingerprint density at radius 2 is 1.53 bits per heavy atom. The third-order valence-electron chi connectivity index (χ3n) is 6.78. The van der Waals surface area contributed by atoms with E-state index in [1.807, 2.05) is 0 Å². The number of hydrogen-bond acceptors (Lipinski definition) is 6. The summed E-state index contributed by atoms with van der Waals surface area (Å²) in [6.07, 6.45) is 3.59. The first-order chi connectivity index (χ1) is 17.3. The first-order valence-electron chi connectivity index (χ1n) is 12.6. The van der Waals surface area contributed by atoms with E-state index in [4.69, 9.17) is 11.5 Å². The van der Waals surface area contributed by atoms with E-state index in [0.29, 0.717) is 11.8 Å².